The Bertz CT molecular complexity index is 973. The van der Waals surface area contributed by atoms with Gasteiger partial charge in [-0.2, -0.15) is 0 Å². The summed E-state index contributed by atoms with van der Waals surface area (Å²) in [5, 5.41) is 15.8. The van der Waals surface area contributed by atoms with E-state index in [2.05, 4.69) is 10.6 Å². The van der Waals surface area contributed by atoms with E-state index in [0.717, 1.165) is 4.90 Å². The van der Waals surface area contributed by atoms with Crippen LogP contribution in [0.25, 0.3) is 0 Å². The van der Waals surface area contributed by atoms with Crippen LogP contribution >= 0.6 is 0 Å². The number of carbonyl (C=O) groups excluding carboxylic acids is 3. The first-order valence-corrected chi connectivity index (χ1v) is 8.57. The molecule has 0 saturated carbocycles. The maximum absolute atomic E-state index is 12.9. The summed E-state index contributed by atoms with van der Waals surface area (Å²) < 4.78 is 5.09. The molecule has 0 aromatic heterocycles. The zero-order chi connectivity index (χ0) is 21.2. The van der Waals surface area contributed by atoms with Crippen LogP contribution < -0.4 is 15.4 Å². The number of ether oxygens (including phenoxy) is 1. The number of non-ortho nitro benzene ring substituents is 1. The average Bonchev–Trinajstić information content (AvgIpc) is 2.92. The zero-order valence-electron chi connectivity index (χ0n) is 15.7. The Morgan fingerprint density at radius 1 is 1.17 bits per heavy atom. The third-order valence-corrected chi connectivity index (χ3v) is 4.61. The summed E-state index contributed by atoms with van der Waals surface area (Å²) in [7, 11) is 1.52. The number of amides is 4. The summed E-state index contributed by atoms with van der Waals surface area (Å²) in [6, 6.07) is 11.2. The SMILES string of the molecule is COc1ccc([C@]2(C)NC(=O)N(CC(=O)Nc3ccc([N+](=O)[O-])cc3)C2=O)cc1. The van der Waals surface area contributed by atoms with Crippen molar-refractivity contribution in [3.8, 4) is 5.75 Å². The van der Waals surface area contributed by atoms with Crippen LogP contribution in [0.2, 0.25) is 0 Å². The molecule has 1 heterocycles. The number of nitrogens with one attached hydrogen (secondary N) is 2. The molecule has 1 aliphatic rings. The Labute approximate surface area is 165 Å². The molecule has 150 valence electrons. The number of nitro benzene ring substituents is 1. The number of benzene rings is 2. The van der Waals surface area contributed by atoms with Gasteiger partial charge >= 0.3 is 6.03 Å². The Balaban J connectivity index is 1.70. The van der Waals surface area contributed by atoms with Crippen LogP contribution in [0.3, 0.4) is 0 Å². The number of rotatable bonds is 6. The molecular weight excluding hydrogens is 380 g/mol. The molecule has 2 N–H and O–H groups in total. The number of hydrogen-bond donors (Lipinski definition) is 2. The molecule has 10 nitrogen and oxygen atoms in total. The Hall–Kier alpha value is -3.95. The summed E-state index contributed by atoms with van der Waals surface area (Å²) >= 11 is 0. The number of nitro groups is 1. The van der Waals surface area contributed by atoms with Gasteiger partial charge in [0.1, 0.15) is 17.8 Å². The summed E-state index contributed by atoms with van der Waals surface area (Å²) in [4.78, 5) is 48.4. The van der Waals surface area contributed by atoms with Crippen molar-refractivity contribution in [1.29, 1.82) is 0 Å². The van der Waals surface area contributed by atoms with E-state index in [1.54, 1.807) is 31.2 Å². The number of hydrogen-bond acceptors (Lipinski definition) is 6. The van der Waals surface area contributed by atoms with Gasteiger partial charge in [0.15, 0.2) is 0 Å². The maximum Gasteiger partial charge on any atom is 0.325 e. The number of imide groups is 1. The van der Waals surface area contributed by atoms with Crippen LogP contribution in [-0.4, -0.2) is 41.3 Å². The van der Waals surface area contributed by atoms with Gasteiger partial charge in [-0.25, -0.2) is 4.79 Å². The van der Waals surface area contributed by atoms with Crippen LogP contribution in [0.15, 0.2) is 48.5 Å². The normalized spacial score (nSPS) is 18.3. The molecule has 4 amide bonds. The van der Waals surface area contributed by atoms with E-state index >= 15 is 0 Å². The highest BCUT2D eigenvalue weighted by Crippen LogP contribution is 2.30. The molecule has 0 radical (unpaired) electrons. The first-order chi connectivity index (χ1) is 13.7. The lowest BCUT2D eigenvalue weighted by Gasteiger charge is -2.22. The van der Waals surface area contributed by atoms with Crippen molar-refractivity contribution in [2.75, 3.05) is 19.0 Å². The van der Waals surface area contributed by atoms with Crippen LogP contribution in [0.1, 0.15) is 12.5 Å². The fourth-order valence-corrected chi connectivity index (χ4v) is 2.97. The standard InChI is InChI=1S/C19H18N4O6/c1-19(12-3-9-15(29-2)10-4-12)17(25)22(18(26)21-19)11-16(24)20-13-5-7-14(8-6-13)23(27)28/h3-10H,11H2,1-2H3,(H,20,24)(H,21,26)/t19-/m0/s1. The molecule has 1 fully saturated rings. The first kappa shape index (κ1) is 19.8. The summed E-state index contributed by atoms with van der Waals surface area (Å²) in [6.07, 6.45) is 0. The molecule has 0 bridgehead atoms. The summed E-state index contributed by atoms with van der Waals surface area (Å²) in [5.74, 6) is -0.568. The fraction of sp³-hybridized carbons (Fsp3) is 0.211. The largest absolute Gasteiger partial charge is 0.497 e. The second kappa shape index (κ2) is 7.58. The molecular formula is C19H18N4O6. The van der Waals surface area contributed by atoms with E-state index in [0.29, 0.717) is 17.0 Å². The third kappa shape index (κ3) is 3.86. The molecule has 3 rings (SSSR count). The lowest BCUT2D eigenvalue weighted by atomic mass is 9.92. The van der Waals surface area contributed by atoms with Crippen LogP contribution in [0.4, 0.5) is 16.2 Å². The van der Waals surface area contributed by atoms with Crippen LogP contribution in [-0.2, 0) is 15.1 Å². The first-order valence-electron chi connectivity index (χ1n) is 8.57. The molecule has 0 aliphatic carbocycles. The van der Waals surface area contributed by atoms with Gasteiger partial charge < -0.3 is 15.4 Å². The highest BCUT2D eigenvalue weighted by Gasteiger charge is 2.49. The van der Waals surface area contributed by atoms with Crippen LogP contribution in [0.5, 0.6) is 5.75 Å². The number of anilines is 1. The minimum absolute atomic E-state index is 0.118. The van der Waals surface area contributed by atoms with Gasteiger partial charge in [0.25, 0.3) is 11.6 Å². The summed E-state index contributed by atoms with van der Waals surface area (Å²) in [6.45, 7) is 1.07. The molecule has 10 heteroatoms. The minimum atomic E-state index is -1.31. The van der Waals surface area contributed by atoms with Crippen molar-refractivity contribution in [2.45, 2.75) is 12.5 Å². The minimum Gasteiger partial charge on any atom is -0.497 e. The summed E-state index contributed by atoms with van der Waals surface area (Å²) in [5.41, 5.74) is -0.565. The van der Waals surface area contributed by atoms with E-state index in [1.807, 2.05) is 0 Å². The van der Waals surface area contributed by atoms with Crippen molar-refractivity contribution in [3.63, 3.8) is 0 Å². The highest BCUT2D eigenvalue weighted by molar-refractivity contribution is 6.10. The highest BCUT2D eigenvalue weighted by atomic mass is 16.6. The molecule has 2 aromatic rings. The molecule has 2 aromatic carbocycles. The van der Waals surface area contributed by atoms with E-state index in [1.165, 1.54) is 31.4 Å². The Kier molecular flexibility index (Phi) is 5.18. The monoisotopic (exact) mass is 398 g/mol. The second-order valence-electron chi connectivity index (χ2n) is 6.53. The topological polar surface area (TPSA) is 131 Å². The van der Waals surface area contributed by atoms with Gasteiger partial charge in [0.05, 0.1) is 12.0 Å². The van der Waals surface area contributed by atoms with E-state index in [9.17, 15) is 24.5 Å². The predicted molar refractivity (Wildman–Crippen MR) is 102 cm³/mol. The number of methoxy groups -OCH3 is 1. The van der Waals surface area contributed by atoms with Gasteiger partial charge in [-0.15, -0.1) is 0 Å². The van der Waals surface area contributed by atoms with E-state index in [-0.39, 0.29) is 5.69 Å². The van der Waals surface area contributed by atoms with Crippen LogP contribution in [0, 0.1) is 10.1 Å². The average molecular weight is 398 g/mol. The molecule has 29 heavy (non-hydrogen) atoms. The Morgan fingerprint density at radius 2 is 1.79 bits per heavy atom. The second-order valence-corrected chi connectivity index (χ2v) is 6.53. The smallest absolute Gasteiger partial charge is 0.325 e. The zero-order valence-corrected chi connectivity index (χ0v) is 15.7. The van der Waals surface area contributed by atoms with Crippen molar-refractivity contribution >= 4 is 29.2 Å². The number of carbonyl (C=O) groups is 3. The number of nitrogens with zero attached hydrogens (tertiary/aromatic N) is 2. The van der Waals surface area contributed by atoms with Crippen molar-refractivity contribution in [2.24, 2.45) is 0 Å². The molecule has 1 atom stereocenters. The molecule has 1 saturated heterocycles. The molecule has 1 aliphatic heterocycles. The van der Waals surface area contributed by atoms with Gasteiger partial charge in [-0.3, -0.25) is 24.6 Å². The fourth-order valence-electron chi connectivity index (χ4n) is 2.97. The lowest BCUT2D eigenvalue weighted by Crippen LogP contribution is -2.42. The maximum atomic E-state index is 12.9. The van der Waals surface area contributed by atoms with Crippen molar-refractivity contribution in [3.05, 3.63) is 64.2 Å². The predicted octanol–water partition coefficient (Wildman–Crippen LogP) is 2.01. The van der Waals surface area contributed by atoms with Gasteiger partial charge in [-0.05, 0) is 36.8 Å². The van der Waals surface area contributed by atoms with Gasteiger partial charge in [0.2, 0.25) is 5.91 Å². The van der Waals surface area contributed by atoms with Gasteiger partial charge in [-0.1, -0.05) is 12.1 Å². The molecule has 0 unspecified atom stereocenters. The van der Waals surface area contributed by atoms with E-state index < -0.39 is 34.9 Å². The number of urea groups is 1. The molecule has 0 spiro atoms. The van der Waals surface area contributed by atoms with Crippen molar-refractivity contribution in [1.82, 2.24) is 10.2 Å². The quantitative estimate of drug-likeness (QED) is 0.435. The Morgan fingerprint density at radius 3 is 2.34 bits per heavy atom. The van der Waals surface area contributed by atoms with Crippen molar-refractivity contribution < 1.29 is 24.0 Å². The third-order valence-electron chi connectivity index (χ3n) is 4.61. The van der Waals surface area contributed by atoms with E-state index in [4.69, 9.17) is 4.74 Å². The van der Waals surface area contributed by atoms with Gasteiger partial charge in [0, 0.05) is 17.8 Å². The lowest BCUT2D eigenvalue weighted by molar-refractivity contribution is -0.384.